The van der Waals surface area contributed by atoms with Crippen LogP contribution in [-0.4, -0.2) is 35.2 Å². The molecule has 0 amide bonds. The molecule has 2 N–H and O–H groups in total. The summed E-state index contributed by atoms with van der Waals surface area (Å²) in [4.78, 5) is 14.9. The number of nitrogens with one attached hydrogen (secondary N) is 2. The third-order valence-corrected chi connectivity index (χ3v) is 3.36. The Balaban J connectivity index is 2.14. The fourth-order valence-corrected chi connectivity index (χ4v) is 2.26. The molecule has 1 saturated heterocycles. The zero-order valence-electron chi connectivity index (χ0n) is 11.8. The second kappa shape index (κ2) is 6.04. The number of rotatable bonds is 6. The van der Waals surface area contributed by atoms with Gasteiger partial charge in [-0.3, -0.25) is 10.1 Å². The van der Waals surface area contributed by atoms with Gasteiger partial charge in [0.15, 0.2) is 0 Å². The minimum absolute atomic E-state index is 0.0201. The van der Waals surface area contributed by atoms with Gasteiger partial charge in [0.05, 0.1) is 10.5 Å². The molecule has 1 aromatic heterocycles. The molecule has 1 fully saturated rings. The van der Waals surface area contributed by atoms with Crippen molar-refractivity contribution in [2.45, 2.75) is 32.3 Å². The van der Waals surface area contributed by atoms with Gasteiger partial charge in [0.1, 0.15) is 5.82 Å². The van der Waals surface area contributed by atoms with Crippen LogP contribution in [-0.2, 0) is 4.74 Å². The molecule has 1 unspecified atom stereocenters. The standard InChI is InChI=1S/C13H20N4O3/c1-3-14-11-6-5-10(17(18)19)12(16-11)15-9-13(2)7-4-8-20-13/h5-6H,3-4,7-9H2,1-2H3,(H2,14,15,16). The predicted molar refractivity (Wildman–Crippen MR) is 77.1 cm³/mol. The highest BCUT2D eigenvalue weighted by Crippen LogP contribution is 2.28. The highest BCUT2D eigenvalue weighted by molar-refractivity contribution is 5.60. The Morgan fingerprint density at radius 3 is 2.90 bits per heavy atom. The van der Waals surface area contributed by atoms with Crippen molar-refractivity contribution >= 4 is 17.3 Å². The van der Waals surface area contributed by atoms with Crippen LogP contribution in [0.15, 0.2) is 12.1 Å². The SMILES string of the molecule is CCNc1ccc([N+](=O)[O-])c(NCC2(C)CCCO2)n1. The molecule has 0 aliphatic carbocycles. The van der Waals surface area contributed by atoms with Gasteiger partial charge in [0.2, 0.25) is 5.82 Å². The van der Waals surface area contributed by atoms with Gasteiger partial charge >= 0.3 is 5.69 Å². The number of anilines is 2. The maximum atomic E-state index is 11.0. The van der Waals surface area contributed by atoms with Crippen molar-refractivity contribution in [1.82, 2.24) is 4.98 Å². The lowest BCUT2D eigenvalue weighted by Crippen LogP contribution is -2.33. The molecule has 0 spiro atoms. The van der Waals surface area contributed by atoms with Crippen molar-refractivity contribution in [3.63, 3.8) is 0 Å². The number of hydrogen-bond donors (Lipinski definition) is 2. The summed E-state index contributed by atoms with van der Waals surface area (Å²) in [6.07, 6.45) is 1.96. The summed E-state index contributed by atoms with van der Waals surface area (Å²) in [6, 6.07) is 3.08. The molecule has 2 rings (SSSR count). The van der Waals surface area contributed by atoms with E-state index in [2.05, 4.69) is 15.6 Å². The monoisotopic (exact) mass is 280 g/mol. The predicted octanol–water partition coefficient (Wildman–Crippen LogP) is 2.40. The van der Waals surface area contributed by atoms with Gasteiger partial charge in [-0.1, -0.05) is 0 Å². The van der Waals surface area contributed by atoms with E-state index in [0.717, 1.165) is 19.4 Å². The third kappa shape index (κ3) is 3.36. The molecule has 1 atom stereocenters. The molecule has 2 heterocycles. The molecule has 110 valence electrons. The molecular weight excluding hydrogens is 260 g/mol. The van der Waals surface area contributed by atoms with Gasteiger partial charge in [-0.15, -0.1) is 0 Å². The fraction of sp³-hybridized carbons (Fsp3) is 0.615. The summed E-state index contributed by atoms with van der Waals surface area (Å²) in [7, 11) is 0. The van der Waals surface area contributed by atoms with Crippen LogP contribution >= 0.6 is 0 Å². The van der Waals surface area contributed by atoms with Crippen molar-refractivity contribution in [3.8, 4) is 0 Å². The van der Waals surface area contributed by atoms with E-state index in [-0.39, 0.29) is 17.1 Å². The number of nitrogens with zero attached hydrogens (tertiary/aromatic N) is 2. The molecule has 1 aromatic rings. The van der Waals surface area contributed by atoms with E-state index in [1.807, 2.05) is 13.8 Å². The first-order valence-corrected chi connectivity index (χ1v) is 6.81. The van der Waals surface area contributed by atoms with E-state index in [4.69, 9.17) is 4.74 Å². The van der Waals surface area contributed by atoms with Gasteiger partial charge in [-0.2, -0.15) is 0 Å². The summed E-state index contributed by atoms with van der Waals surface area (Å²) in [5, 5.41) is 17.1. The Kier molecular flexibility index (Phi) is 4.39. The first-order valence-electron chi connectivity index (χ1n) is 6.81. The Hall–Kier alpha value is -1.89. The third-order valence-electron chi connectivity index (χ3n) is 3.36. The molecule has 1 aliphatic heterocycles. The lowest BCUT2D eigenvalue weighted by molar-refractivity contribution is -0.384. The second-order valence-electron chi connectivity index (χ2n) is 5.11. The normalized spacial score (nSPS) is 21.7. The summed E-state index contributed by atoms with van der Waals surface area (Å²) < 4.78 is 5.66. The van der Waals surface area contributed by atoms with E-state index in [9.17, 15) is 10.1 Å². The Morgan fingerprint density at radius 1 is 1.50 bits per heavy atom. The van der Waals surface area contributed by atoms with Crippen LogP contribution in [0.25, 0.3) is 0 Å². The van der Waals surface area contributed by atoms with Crippen molar-refractivity contribution in [2.24, 2.45) is 0 Å². The first kappa shape index (κ1) is 14.5. The van der Waals surface area contributed by atoms with Crippen molar-refractivity contribution < 1.29 is 9.66 Å². The molecular formula is C13H20N4O3. The zero-order valence-corrected chi connectivity index (χ0v) is 11.8. The second-order valence-corrected chi connectivity index (χ2v) is 5.11. The molecule has 7 heteroatoms. The molecule has 7 nitrogen and oxygen atoms in total. The fourth-order valence-electron chi connectivity index (χ4n) is 2.26. The van der Waals surface area contributed by atoms with Crippen molar-refractivity contribution in [3.05, 3.63) is 22.2 Å². The van der Waals surface area contributed by atoms with E-state index in [1.165, 1.54) is 6.07 Å². The van der Waals surface area contributed by atoms with E-state index < -0.39 is 4.92 Å². The minimum Gasteiger partial charge on any atom is -0.373 e. The maximum Gasteiger partial charge on any atom is 0.311 e. The van der Waals surface area contributed by atoms with Gasteiger partial charge in [0.25, 0.3) is 0 Å². The molecule has 0 aromatic carbocycles. The first-order chi connectivity index (χ1) is 9.54. The maximum absolute atomic E-state index is 11.0. The molecule has 0 bridgehead atoms. The summed E-state index contributed by atoms with van der Waals surface area (Å²) >= 11 is 0. The van der Waals surface area contributed by atoms with Gasteiger partial charge in [-0.25, -0.2) is 4.98 Å². The smallest absolute Gasteiger partial charge is 0.311 e. The largest absolute Gasteiger partial charge is 0.373 e. The lowest BCUT2D eigenvalue weighted by Gasteiger charge is -2.23. The lowest BCUT2D eigenvalue weighted by atomic mass is 10.0. The number of nitro groups is 1. The highest BCUT2D eigenvalue weighted by Gasteiger charge is 2.30. The van der Waals surface area contributed by atoms with Crippen LogP contribution in [0.3, 0.4) is 0 Å². The average molecular weight is 280 g/mol. The Bertz CT molecular complexity index is 487. The number of ether oxygens (including phenoxy) is 1. The molecule has 0 radical (unpaired) electrons. The van der Waals surface area contributed by atoms with Gasteiger partial charge in [0, 0.05) is 25.8 Å². The zero-order chi connectivity index (χ0) is 14.6. The van der Waals surface area contributed by atoms with E-state index >= 15 is 0 Å². The minimum atomic E-state index is -0.428. The van der Waals surface area contributed by atoms with E-state index in [0.29, 0.717) is 18.9 Å². The van der Waals surface area contributed by atoms with Crippen molar-refractivity contribution in [2.75, 3.05) is 30.3 Å². The van der Waals surface area contributed by atoms with Crippen LogP contribution in [0.4, 0.5) is 17.3 Å². The van der Waals surface area contributed by atoms with Crippen LogP contribution in [0, 0.1) is 10.1 Å². The average Bonchev–Trinajstić information content (AvgIpc) is 2.84. The summed E-state index contributed by atoms with van der Waals surface area (Å²) in [5.74, 6) is 0.906. The number of aromatic nitrogens is 1. The van der Waals surface area contributed by atoms with Crippen LogP contribution in [0.1, 0.15) is 26.7 Å². The Labute approximate surface area is 117 Å². The Morgan fingerprint density at radius 2 is 2.30 bits per heavy atom. The van der Waals surface area contributed by atoms with Crippen LogP contribution in [0.5, 0.6) is 0 Å². The quantitative estimate of drug-likeness (QED) is 0.614. The van der Waals surface area contributed by atoms with Crippen LogP contribution in [0.2, 0.25) is 0 Å². The van der Waals surface area contributed by atoms with Crippen molar-refractivity contribution in [1.29, 1.82) is 0 Å². The highest BCUT2D eigenvalue weighted by atomic mass is 16.6. The van der Waals surface area contributed by atoms with E-state index in [1.54, 1.807) is 6.07 Å². The van der Waals surface area contributed by atoms with Crippen LogP contribution < -0.4 is 10.6 Å². The summed E-state index contributed by atoms with van der Waals surface area (Å²) in [6.45, 7) is 5.92. The summed E-state index contributed by atoms with van der Waals surface area (Å²) in [5.41, 5.74) is -0.294. The molecule has 1 aliphatic rings. The topological polar surface area (TPSA) is 89.3 Å². The van der Waals surface area contributed by atoms with Gasteiger partial charge in [-0.05, 0) is 32.8 Å². The number of pyridine rings is 1. The molecule has 20 heavy (non-hydrogen) atoms. The molecule has 0 saturated carbocycles. The van der Waals surface area contributed by atoms with Gasteiger partial charge < -0.3 is 15.4 Å². The number of hydrogen-bond acceptors (Lipinski definition) is 6.